The molecule has 1 fully saturated rings. The SMILES string of the molecule is COC[C@H](NC(=O)[C@H](COC)NC(C)(C)C)C(=O)N[C@@H](Cc1ccccc1)C(=O)[C@@]1(C)CO1. The standard InChI is InChI=1S/C24H37N3O6/c1-23(2,3)27-19(14-32-6)22(30)26-18(13-31-5)21(29)25-17(20(28)24(4)15-33-24)12-16-10-8-7-9-11-16/h7-11,17-19,27H,12-15H2,1-6H3,(H,25,29)(H,26,30)/t17-,18-,19-,24+/m0/s1. The molecule has 184 valence electrons. The predicted molar refractivity (Wildman–Crippen MR) is 124 cm³/mol. The maximum atomic E-state index is 13.1. The summed E-state index contributed by atoms with van der Waals surface area (Å²) >= 11 is 0. The van der Waals surface area contributed by atoms with E-state index in [9.17, 15) is 14.4 Å². The Bertz CT molecular complexity index is 804. The Kier molecular flexibility index (Phi) is 9.54. The van der Waals surface area contributed by atoms with Crippen LogP contribution in [0.2, 0.25) is 0 Å². The summed E-state index contributed by atoms with van der Waals surface area (Å²) in [6.45, 7) is 7.92. The van der Waals surface area contributed by atoms with Gasteiger partial charge in [0.25, 0.3) is 0 Å². The summed E-state index contributed by atoms with van der Waals surface area (Å²) in [7, 11) is 2.95. The average Bonchev–Trinajstić information content (AvgIpc) is 3.50. The molecule has 2 rings (SSSR count). The summed E-state index contributed by atoms with van der Waals surface area (Å²) in [6.07, 6.45) is 0.315. The molecule has 9 heteroatoms. The van der Waals surface area contributed by atoms with E-state index < -0.39 is 35.5 Å². The maximum absolute atomic E-state index is 13.1. The number of ketones is 1. The Labute approximate surface area is 195 Å². The lowest BCUT2D eigenvalue weighted by atomic mass is 9.94. The van der Waals surface area contributed by atoms with E-state index in [1.165, 1.54) is 14.2 Å². The number of epoxide rings is 1. The molecule has 9 nitrogen and oxygen atoms in total. The van der Waals surface area contributed by atoms with Crippen LogP contribution in [0.4, 0.5) is 0 Å². The minimum atomic E-state index is -0.984. The zero-order valence-corrected chi connectivity index (χ0v) is 20.4. The second-order valence-corrected chi connectivity index (χ2v) is 9.55. The first-order chi connectivity index (χ1) is 15.5. The zero-order valence-electron chi connectivity index (χ0n) is 20.4. The van der Waals surface area contributed by atoms with Gasteiger partial charge in [0, 0.05) is 19.8 Å². The lowest BCUT2D eigenvalue weighted by molar-refractivity contribution is -0.134. The number of carbonyl (C=O) groups is 3. The fraction of sp³-hybridized carbons (Fsp3) is 0.625. The monoisotopic (exact) mass is 463 g/mol. The van der Waals surface area contributed by atoms with E-state index in [1.54, 1.807) is 6.92 Å². The van der Waals surface area contributed by atoms with Gasteiger partial charge >= 0.3 is 0 Å². The zero-order chi connectivity index (χ0) is 24.6. The van der Waals surface area contributed by atoms with Gasteiger partial charge in [-0.2, -0.15) is 0 Å². The van der Waals surface area contributed by atoms with E-state index in [-0.39, 0.29) is 24.5 Å². The Morgan fingerprint density at radius 3 is 2.00 bits per heavy atom. The van der Waals surface area contributed by atoms with Crippen LogP contribution in [0.15, 0.2) is 30.3 Å². The molecule has 1 aliphatic rings. The Hall–Kier alpha value is -2.33. The fourth-order valence-corrected chi connectivity index (χ4v) is 3.44. The van der Waals surface area contributed by atoms with Crippen LogP contribution < -0.4 is 16.0 Å². The highest BCUT2D eigenvalue weighted by Gasteiger charge is 2.50. The minimum Gasteiger partial charge on any atom is -0.383 e. The van der Waals surface area contributed by atoms with E-state index >= 15 is 0 Å². The largest absolute Gasteiger partial charge is 0.383 e. The number of Topliss-reactive ketones (excluding diaryl/α,β-unsaturated/α-hetero) is 1. The molecular formula is C24H37N3O6. The molecule has 0 aliphatic carbocycles. The van der Waals surface area contributed by atoms with Gasteiger partial charge in [0.15, 0.2) is 5.78 Å². The van der Waals surface area contributed by atoms with Gasteiger partial charge in [0.2, 0.25) is 11.8 Å². The van der Waals surface area contributed by atoms with Gasteiger partial charge in [-0.25, -0.2) is 0 Å². The second-order valence-electron chi connectivity index (χ2n) is 9.55. The first kappa shape index (κ1) is 26.9. The van der Waals surface area contributed by atoms with Crippen LogP contribution in [0.5, 0.6) is 0 Å². The summed E-state index contributed by atoms with van der Waals surface area (Å²) in [5.74, 6) is -1.10. The molecule has 1 aromatic rings. The quantitative estimate of drug-likeness (QED) is 0.367. The van der Waals surface area contributed by atoms with Gasteiger partial charge in [-0.05, 0) is 39.7 Å². The number of ether oxygens (including phenoxy) is 3. The molecule has 2 amide bonds. The van der Waals surface area contributed by atoms with Crippen LogP contribution in [-0.4, -0.2) is 80.9 Å². The number of hydrogen-bond donors (Lipinski definition) is 3. The van der Waals surface area contributed by atoms with Crippen molar-refractivity contribution in [2.45, 2.75) is 63.4 Å². The minimum absolute atomic E-state index is 0.0488. The summed E-state index contributed by atoms with van der Waals surface area (Å²) in [6, 6.07) is 6.97. The number of benzene rings is 1. The third-order valence-electron chi connectivity index (χ3n) is 5.24. The Balaban J connectivity index is 2.14. The number of carbonyl (C=O) groups excluding carboxylic acids is 3. The molecule has 0 spiro atoms. The van der Waals surface area contributed by atoms with E-state index in [0.29, 0.717) is 13.0 Å². The summed E-state index contributed by atoms with van der Waals surface area (Å²) in [5, 5.41) is 8.72. The fourth-order valence-electron chi connectivity index (χ4n) is 3.44. The number of hydrogen-bond acceptors (Lipinski definition) is 7. The first-order valence-corrected chi connectivity index (χ1v) is 11.1. The maximum Gasteiger partial charge on any atom is 0.245 e. The van der Waals surface area contributed by atoms with Gasteiger partial charge in [0.1, 0.15) is 17.7 Å². The number of methoxy groups -OCH3 is 2. The van der Waals surface area contributed by atoms with Gasteiger partial charge in [-0.15, -0.1) is 0 Å². The Morgan fingerprint density at radius 2 is 1.48 bits per heavy atom. The van der Waals surface area contributed by atoms with Crippen molar-refractivity contribution >= 4 is 17.6 Å². The predicted octanol–water partition coefficient (Wildman–Crippen LogP) is 0.606. The van der Waals surface area contributed by atoms with Gasteiger partial charge in [0.05, 0.1) is 25.9 Å². The number of rotatable bonds is 13. The van der Waals surface area contributed by atoms with Crippen molar-refractivity contribution in [3.63, 3.8) is 0 Å². The topological polar surface area (TPSA) is 118 Å². The Morgan fingerprint density at radius 1 is 0.970 bits per heavy atom. The van der Waals surface area contributed by atoms with Crippen molar-refractivity contribution in [2.24, 2.45) is 0 Å². The molecule has 0 unspecified atom stereocenters. The highest BCUT2D eigenvalue weighted by Crippen LogP contribution is 2.29. The highest BCUT2D eigenvalue weighted by molar-refractivity contribution is 5.98. The van der Waals surface area contributed by atoms with Crippen molar-refractivity contribution < 1.29 is 28.6 Å². The van der Waals surface area contributed by atoms with Crippen LogP contribution in [0.25, 0.3) is 0 Å². The molecule has 33 heavy (non-hydrogen) atoms. The molecule has 0 bridgehead atoms. The number of amides is 2. The summed E-state index contributed by atoms with van der Waals surface area (Å²) in [5.41, 5.74) is -0.332. The first-order valence-electron chi connectivity index (χ1n) is 11.1. The van der Waals surface area contributed by atoms with E-state index in [1.807, 2.05) is 51.1 Å². The molecule has 0 radical (unpaired) electrons. The van der Waals surface area contributed by atoms with Crippen molar-refractivity contribution in [1.82, 2.24) is 16.0 Å². The molecule has 1 saturated heterocycles. The van der Waals surface area contributed by atoms with Gasteiger partial charge in [-0.1, -0.05) is 30.3 Å². The van der Waals surface area contributed by atoms with Gasteiger partial charge < -0.3 is 24.8 Å². The second kappa shape index (κ2) is 11.7. The van der Waals surface area contributed by atoms with Crippen LogP contribution in [0.3, 0.4) is 0 Å². The smallest absolute Gasteiger partial charge is 0.245 e. The number of nitrogens with one attached hydrogen (secondary N) is 3. The molecule has 0 saturated carbocycles. The summed E-state index contributed by atoms with van der Waals surface area (Å²) < 4.78 is 15.7. The lowest BCUT2D eigenvalue weighted by Crippen LogP contribution is -2.60. The summed E-state index contributed by atoms with van der Waals surface area (Å²) in [4.78, 5) is 39.1. The third kappa shape index (κ3) is 8.51. The van der Waals surface area contributed by atoms with Crippen molar-refractivity contribution in [2.75, 3.05) is 34.0 Å². The van der Waals surface area contributed by atoms with Crippen molar-refractivity contribution in [3.05, 3.63) is 35.9 Å². The molecular weight excluding hydrogens is 426 g/mol. The molecule has 4 atom stereocenters. The van der Waals surface area contributed by atoms with Crippen LogP contribution in [-0.2, 0) is 35.0 Å². The van der Waals surface area contributed by atoms with Crippen LogP contribution in [0.1, 0.15) is 33.3 Å². The molecule has 1 aromatic carbocycles. The van der Waals surface area contributed by atoms with Crippen LogP contribution in [0, 0.1) is 0 Å². The highest BCUT2D eigenvalue weighted by atomic mass is 16.6. The third-order valence-corrected chi connectivity index (χ3v) is 5.24. The average molecular weight is 464 g/mol. The van der Waals surface area contributed by atoms with E-state index in [0.717, 1.165) is 5.56 Å². The molecule has 1 aliphatic heterocycles. The van der Waals surface area contributed by atoms with Crippen LogP contribution >= 0.6 is 0 Å². The molecule has 1 heterocycles. The van der Waals surface area contributed by atoms with Crippen molar-refractivity contribution in [3.8, 4) is 0 Å². The van der Waals surface area contributed by atoms with Crippen molar-refractivity contribution in [1.29, 1.82) is 0 Å². The van der Waals surface area contributed by atoms with E-state index in [4.69, 9.17) is 14.2 Å². The molecule has 3 N–H and O–H groups in total. The van der Waals surface area contributed by atoms with E-state index in [2.05, 4.69) is 16.0 Å². The normalized spacial score (nSPS) is 20.4. The van der Waals surface area contributed by atoms with Gasteiger partial charge in [-0.3, -0.25) is 19.7 Å². The lowest BCUT2D eigenvalue weighted by Gasteiger charge is -2.29. The molecule has 0 aromatic heterocycles.